The van der Waals surface area contributed by atoms with Gasteiger partial charge in [0.25, 0.3) is 5.91 Å². The first-order valence-corrected chi connectivity index (χ1v) is 12.6. The molecule has 1 saturated heterocycles. The first-order valence-electron chi connectivity index (χ1n) is 12.6. The average molecular weight is 467 g/mol. The number of benzene rings is 3. The summed E-state index contributed by atoms with van der Waals surface area (Å²) in [4.78, 5) is 31.4. The van der Waals surface area contributed by atoms with Crippen molar-refractivity contribution in [1.29, 1.82) is 0 Å². The Bertz CT molecular complexity index is 1250. The van der Waals surface area contributed by atoms with Crippen molar-refractivity contribution in [2.45, 2.75) is 53.1 Å². The summed E-state index contributed by atoms with van der Waals surface area (Å²) in [6, 6.07) is 22.9. The van der Waals surface area contributed by atoms with Crippen LogP contribution in [0.15, 0.2) is 66.7 Å². The van der Waals surface area contributed by atoms with E-state index in [1.54, 1.807) is 0 Å². The van der Waals surface area contributed by atoms with Crippen LogP contribution in [0.2, 0.25) is 0 Å². The molecule has 4 heteroatoms. The van der Waals surface area contributed by atoms with Gasteiger partial charge in [0.1, 0.15) is 0 Å². The van der Waals surface area contributed by atoms with E-state index in [9.17, 15) is 9.59 Å². The molecule has 0 N–H and O–H groups in total. The van der Waals surface area contributed by atoms with Crippen molar-refractivity contribution in [1.82, 2.24) is 9.80 Å². The number of rotatable bonds is 3. The van der Waals surface area contributed by atoms with Crippen molar-refractivity contribution in [2.75, 3.05) is 13.1 Å². The average Bonchev–Trinajstić information content (AvgIpc) is 2.96. The molecular weight excluding hydrogens is 432 g/mol. The highest BCUT2D eigenvalue weighted by Gasteiger charge is 2.46. The molecule has 0 aromatic heterocycles. The molecule has 0 atom stereocenters. The molecule has 35 heavy (non-hydrogen) atoms. The summed E-state index contributed by atoms with van der Waals surface area (Å²) in [6.45, 7) is 8.59. The predicted octanol–water partition coefficient (Wildman–Crippen LogP) is 5.62. The molecule has 0 aliphatic carbocycles. The van der Waals surface area contributed by atoms with Crippen molar-refractivity contribution in [3.8, 4) is 0 Å². The Kier molecular flexibility index (Phi) is 6.22. The molecule has 0 bridgehead atoms. The smallest absolute Gasteiger partial charge is 0.254 e. The van der Waals surface area contributed by atoms with Gasteiger partial charge in [-0.25, -0.2) is 0 Å². The molecule has 4 nitrogen and oxygen atoms in total. The van der Waals surface area contributed by atoms with Gasteiger partial charge in [0, 0.05) is 31.7 Å². The van der Waals surface area contributed by atoms with Gasteiger partial charge in [-0.2, -0.15) is 0 Å². The van der Waals surface area contributed by atoms with Crippen LogP contribution in [0.5, 0.6) is 0 Å². The van der Waals surface area contributed by atoms with Crippen molar-refractivity contribution in [2.24, 2.45) is 5.41 Å². The molecule has 2 heterocycles. The zero-order valence-electron chi connectivity index (χ0n) is 21.0. The molecule has 2 aliphatic heterocycles. The van der Waals surface area contributed by atoms with E-state index in [1.165, 1.54) is 16.7 Å². The standard InChI is InChI=1S/C31H34N2O2/c1-22-8-11-25(12-9-22)20-33-21-27-7-5-4-6-26(27)19-31(30(33)35)14-16-32(17-15-31)29(34)28-13-10-23(2)18-24(28)3/h4-13,18H,14-17,19-21H2,1-3H3. The van der Waals surface area contributed by atoms with Crippen LogP contribution >= 0.6 is 0 Å². The normalized spacial score (nSPS) is 17.3. The number of carbonyl (C=O) groups is 2. The Hall–Kier alpha value is -3.40. The van der Waals surface area contributed by atoms with Gasteiger partial charge in [-0.1, -0.05) is 71.8 Å². The number of hydrogen-bond acceptors (Lipinski definition) is 2. The van der Waals surface area contributed by atoms with E-state index in [2.05, 4.69) is 61.5 Å². The van der Waals surface area contributed by atoms with Gasteiger partial charge < -0.3 is 9.80 Å². The second-order valence-electron chi connectivity index (χ2n) is 10.5. The molecule has 1 spiro atoms. The van der Waals surface area contributed by atoms with E-state index in [0.29, 0.717) is 39.0 Å². The summed E-state index contributed by atoms with van der Waals surface area (Å²) in [5, 5.41) is 0. The Morgan fingerprint density at radius 1 is 0.857 bits per heavy atom. The van der Waals surface area contributed by atoms with Crippen LogP contribution in [0, 0.1) is 26.2 Å². The maximum atomic E-state index is 14.1. The lowest BCUT2D eigenvalue weighted by molar-refractivity contribution is -0.145. The Morgan fingerprint density at radius 2 is 1.51 bits per heavy atom. The SMILES string of the molecule is Cc1ccc(CN2Cc3ccccc3CC3(CCN(C(=O)c4ccc(C)cc4C)CC3)C2=O)cc1. The summed E-state index contributed by atoms with van der Waals surface area (Å²) in [5.74, 6) is 0.309. The van der Waals surface area contributed by atoms with Crippen LogP contribution < -0.4 is 0 Å². The highest BCUT2D eigenvalue weighted by molar-refractivity contribution is 5.96. The summed E-state index contributed by atoms with van der Waals surface area (Å²) < 4.78 is 0. The molecule has 0 radical (unpaired) electrons. The Balaban J connectivity index is 1.40. The number of carbonyl (C=O) groups excluding carboxylic acids is 2. The Labute approximate surface area is 208 Å². The first-order chi connectivity index (χ1) is 16.8. The van der Waals surface area contributed by atoms with Crippen molar-refractivity contribution < 1.29 is 9.59 Å². The first kappa shape index (κ1) is 23.3. The van der Waals surface area contributed by atoms with Gasteiger partial charge in [-0.3, -0.25) is 9.59 Å². The van der Waals surface area contributed by atoms with Crippen LogP contribution in [-0.2, 0) is 24.3 Å². The molecular formula is C31H34N2O2. The number of piperidine rings is 1. The molecule has 3 aromatic rings. The number of amides is 2. The summed E-state index contributed by atoms with van der Waals surface area (Å²) in [7, 11) is 0. The summed E-state index contributed by atoms with van der Waals surface area (Å²) in [6.07, 6.45) is 2.14. The van der Waals surface area contributed by atoms with E-state index < -0.39 is 5.41 Å². The molecule has 0 unspecified atom stereocenters. The van der Waals surface area contributed by atoms with Gasteiger partial charge in [0.2, 0.25) is 5.91 Å². The lowest BCUT2D eigenvalue weighted by Crippen LogP contribution is -2.51. The predicted molar refractivity (Wildman–Crippen MR) is 139 cm³/mol. The van der Waals surface area contributed by atoms with E-state index >= 15 is 0 Å². The van der Waals surface area contributed by atoms with Gasteiger partial charge in [-0.15, -0.1) is 0 Å². The number of nitrogens with zero attached hydrogens (tertiary/aromatic N) is 2. The van der Waals surface area contributed by atoms with Gasteiger partial charge in [-0.05, 0) is 68.4 Å². The summed E-state index contributed by atoms with van der Waals surface area (Å²) in [5.41, 5.74) is 7.35. The number of aryl methyl sites for hydroxylation is 3. The largest absolute Gasteiger partial charge is 0.339 e. The maximum absolute atomic E-state index is 14.1. The monoisotopic (exact) mass is 466 g/mol. The van der Waals surface area contributed by atoms with E-state index in [4.69, 9.17) is 0 Å². The number of fused-ring (bicyclic) bond motifs is 1. The highest BCUT2D eigenvalue weighted by Crippen LogP contribution is 2.41. The fraction of sp³-hybridized carbons (Fsp3) is 0.355. The fourth-order valence-corrected chi connectivity index (χ4v) is 5.73. The Morgan fingerprint density at radius 3 is 2.20 bits per heavy atom. The number of likely N-dealkylation sites (tertiary alicyclic amines) is 1. The number of hydrogen-bond donors (Lipinski definition) is 0. The van der Waals surface area contributed by atoms with Crippen molar-refractivity contribution in [3.05, 3.63) is 106 Å². The third-order valence-corrected chi connectivity index (χ3v) is 7.86. The lowest BCUT2D eigenvalue weighted by Gasteiger charge is -2.42. The second-order valence-corrected chi connectivity index (χ2v) is 10.5. The van der Waals surface area contributed by atoms with Gasteiger partial charge >= 0.3 is 0 Å². The van der Waals surface area contributed by atoms with Crippen LogP contribution in [0.4, 0.5) is 0 Å². The van der Waals surface area contributed by atoms with E-state index in [-0.39, 0.29) is 11.8 Å². The molecule has 3 aromatic carbocycles. The lowest BCUT2D eigenvalue weighted by atomic mass is 9.72. The van der Waals surface area contributed by atoms with Crippen LogP contribution in [0.25, 0.3) is 0 Å². The van der Waals surface area contributed by atoms with Gasteiger partial charge in [0.15, 0.2) is 0 Å². The molecule has 2 aliphatic rings. The molecule has 180 valence electrons. The molecule has 2 amide bonds. The minimum atomic E-state index is -0.462. The van der Waals surface area contributed by atoms with Gasteiger partial charge in [0.05, 0.1) is 5.41 Å². The van der Waals surface area contributed by atoms with Crippen molar-refractivity contribution in [3.63, 3.8) is 0 Å². The van der Waals surface area contributed by atoms with Crippen LogP contribution in [0.1, 0.15) is 56.6 Å². The topological polar surface area (TPSA) is 40.6 Å². The highest BCUT2D eigenvalue weighted by atomic mass is 16.2. The molecule has 5 rings (SSSR count). The fourth-order valence-electron chi connectivity index (χ4n) is 5.73. The second kappa shape index (κ2) is 9.33. The third-order valence-electron chi connectivity index (χ3n) is 7.86. The molecule has 0 saturated carbocycles. The van der Waals surface area contributed by atoms with E-state index in [1.807, 2.05) is 35.8 Å². The quantitative estimate of drug-likeness (QED) is 0.503. The maximum Gasteiger partial charge on any atom is 0.254 e. The van der Waals surface area contributed by atoms with Crippen molar-refractivity contribution >= 4 is 11.8 Å². The minimum Gasteiger partial charge on any atom is -0.339 e. The third kappa shape index (κ3) is 4.62. The summed E-state index contributed by atoms with van der Waals surface area (Å²) >= 11 is 0. The zero-order chi connectivity index (χ0) is 24.6. The molecule has 1 fully saturated rings. The zero-order valence-corrected chi connectivity index (χ0v) is 21.0. The minimum absolute atomic E-state index is 0.0790. The van der Waals surface area contributed by atoms with Crippen LogP contribution in [-0.4, -0.2) is 34.7 Å². The van der Waals surface area contributed by atoms with Crippen LogP contribution in [0.3, 0.4) is 0 Å². The van der Waals surface area contributed by atoms with E-state index in [0.717, 1.165) is 28.7 Å².